The maximum absolute atomic E-state index is 12.8. The molecule has 1 aliphatic heterocycles. The molecule has 1 saturated heterocycles. The SMILES string of the molecule is CC(C)(C)CC(=O)N1CCN(S(=O)(=O)c2ccccc2)C(C(N)=O)C1. The molecular formula is C17H25N3O4S. The lowest BCUT2D eigenvalue weighted by Crippen LogP contribution is -2.60. The van der Waals surface area contributed by atoms with E-state index in [9.17, 15) is 18.0 Å². The number of amides is 2. The summed E-state index contributed by atoms with van der Waals surface area (Å²) in [7, 11) is -3.85. The number of hydrogen-bond donors (Lipinski definition) is 1. The monoisotopic (exact) mass is 367 g/mol. The van der Waals surface area contributed by atoms with Crippen LogP contribution in [-0.4, -0.2) is 55.1 Å². The number of carbonyl (C=O) groups excluding carboxylic acids is 2. The van der Waals surface area contributed by atoms with Gasteiger partial charge in [-0.15, -0.1) is 0 Å². The third-order valence-corrected chi connectivity index (χ3v) is 5.97. The quantitative estimate of drug-likeness (QED) is 0.851. The van der Waals surface area contributed by atoms with Crippen LogP contribution in [0.5, 0.6) is 0 Å². The molecule has 1 aliphatic rings. The van der Waals surface area contributed by atoms with Crippen molar-refractivity contribution in [2.75, 3.05) is 19.6 Å². The topological polar surface area (TPSA) is 101 Å². The number of piperazine rings is 1. The van der Waals surface area contributed by atoms with Gasteiger partial charge in [-0.05, 0) is 17.5 Å². The summed E-state index contributed by atoms with van der Waals surface area (Å²) in [5, 5.41) is 0. The summed E-state index contributed by atoms with van der Waals surface area (Å²) in [6, 6.07) is 6.84. The second-order valence-corrected chi connectivity index (χ2v) is 9.31. The predicted octanol–water partition coefficient (Wildman–Crippen LogP) is 0.810. The predicted molar refractivity (Wildman–Crippen MR) is 94.0 cm³/mol. The van der Waals surface area contributed by atoms with E-state index in [1.165, 1.54) is 17.0 Å². The van der Waals surface area contributed by atoms with Gasteiger partial charge in [0.25, 0.3) is 0 Å². The number of nitrogens with two attached hydrogens (primary N) is 1. The lowest BCUT2D eigenvalue weighted by Gasteiger charge is -2.39. The minimum Gasteiger partial charge on any atom is -0.368 e. The highest BCUT2D eigenvalue weighted by Gasteiger charge is 2.40. The molecule has 0 saturated carbocycles. The highest BCUT2D eigenvalue weighted by Crippen LogP contribution is 2.24. The Balaban J connectivity index is 2.23. The molecule has 2 amide bonds. The fourth-order valence-electron chi connectivity index (χ4n) is 2.81. The maximum atomic E-state index is 12.8. The van der Waals surface area contributed by atoms with Gasteiger partial charge in [-0.2, -0.15) is 4.31 Å². The molecule has 2 N–H and O–H groups in total. The van der Waals surface area contributed by atoms with Crippen molar-refractivity contribution < 1.29 is 18.0 Å². The largest absolute Gasteiger partial charge is 0.368 e. The lowest BCUT2D eigenvalue weighted by atomic mass is 9.91. The van der Waals surface area contributed by atoms with Crippen molar-refractivity contribution in [2.45, 2.75) is 38.1 Å². The van der Waals surface area contributed by atoms with Gasteiger partial charge in [0.1, 0.15) is 6.04 Å². The molecule has 1 unspecified atom stereocenters. The molecule has 0 aromatic heterocycles. The van der Waals surface area contributed by atoms with Gasteiger partial charge in [-0.25, -0.2) is 8.42 Å². The average molecular weight is 367 g/mol. The zero-order chi connectivity index (χ0) is 18.8. The van der Waals surface area contributed by atoms with E-state index in [4.69, 9.17) is 5.73 Å². The minimum absolute atomic E-state index is 0.0175. The second-order valence-electron chi connectivity index (χ2n) is 7.42. The Hall–Kier alpha value is -1.93. The standard InChI is InChI=1S/C17H25N3O4S/c1-17(2,3)11-15(21)19-9-10-20(14(12-19)16(18)22)25(23,24)13-7-5-4-6-8-13/h4-8,14H,9-12H2,1-3H3,(H2,18,22). The average Bonchev–Trinajstić information content (AvgIpc) is 2.53. The summed E-state index contributed by atoms with van der Waals surface area (Å²) >= 11 is 0. The molecule has 1 aromatic rings. The van der Waals surface area contributed by atoms with Crippen molar-refractivity contribution in [3.63, 3.8) is 0 Å². The first-order chi connectivity index (χ1) is 11.5. The smallest absolute Gasteiger partial charge is 0.243 e. The number of rotatable bonds is 4. The number of carbonyl (C=O) groups is 2. The first-order valence-electron chi connectivity index (χ1n) is 8.16. The summed E-state index contributed by atoms with van der Waals surface area (Å²) in [6.07, 6.45) is 0.323. The Labute approximate surface area is 148 Å². The highest BCUT2D eigenvalue weighted by molar-refractivity contribution is 7.89. The number of benzene rings is 1. The molecule has 1 fully saturated rings. The van der Waals surface area contributed by atoms with Crippen LogP contribution in [0.1, 0.15) is 27.2 Å². The molecule has 25 heavy (non-hydrogen) atoms. The van der Waals surface area contributed by atoms with E-state index in [-0.39, 0.29) is 35.9 Å². The zero-order valence-electron chi connectivity index (χ0n) is 14.8. The third kappa shape index (κ3) is 4.58. The summed E-state index contributed by atoms with van der Waals surface area (Å²) in [6.45, 7) is 6.12. The van der Waals surface area contributed by atoms with Crippen LogP contribution >= 0.6 is 0 Å². The Morgan fingerprint density at radius 3 is 2.28 bits per heavy atom. The first kappa shape index (κ1) is 19.4. The molecule has 0 spiro atoms. The summed E-state index contributed by atoms with van der Waals surface area (Å²) in [5.41, 5.74) is 5.25. The summed E-state index contributed by atoms with van der Waals surface area (Å²) < 4.78 is 26.7. The van der Waals surface area contributed by atoms with Crippen LogP contribution < -0.4 is 5.73 Å². The summed E-state index contributed by atoms with van der Waals surface area (Å²) in [5.74, 6) is -0.858. The molecule has 1 aromatic carbocycles. The summed E-state index contributed by atoms with van der Waals surface area (Å²) in [4.78, 5) is 25.9. The van der Waals surface area contributed by atoms with Crippen LogP contribution in [-0.2, 0) is 19.6 Å². The number of primary amides is 1. The van der Waals surface area contributed by atoms with Crippen LogP contribution in [0.25, 0.3) is 0 Å². The molecule has 138 valence electrons. The van der Waals surface area contributed by atoms with Crippen LogP contribution in [0.4, 0.5) is 0 Å². The number of hydrogen-bond acceptors (Lipinski definition) is 4. The molecule has 1 heterocycles. The normalized spacial score (nSPS) is 19.6. The molecule has 7 nitrogen and oxygen atoms in total. The van der Waals surface area contributed by atoms with E-state index in [0.29, 0.717) is 6.42 Å². The second kappa shape index (κ2) is 7.13. The van der Waals surface area contributed by atoms with E-state index >= 15 is 0 Å². The van der Waals surface area contributed by atoms with E-state index in [1.807, 2.05) is 20.8 Å². The number of sulfonamides is 1. The van der Waals surface area contributed by atoms with Gasteiger partial charge in [-0.1, -0.05) is 39.0 Å². The van der Waals surface area contributed by atoms with Crippen molar-refractivity contribution in [1.29, 1.82) is 0 Å². The van der Waals surface area contributed by atoms with Gasteiger partial charge in [0, 0.05) is 26.1 Å². The molecule has 0 radical (unpaired) electrons. The van der Waals surface area contributed by atoms with Gasteiger partial charge < -0.3 is 10.6 Å². The molecule has 8 heteroatoms. The lowest BCUT2D eigenvalue weighted by molar-refractivity contribution is -0.137. The fraction of sp³-hybridized carbons (Fsp3) is 0.529. The van der Waals surface area contributed by atoms with Gasteiger partial charge in [0.05, 0.1) is 4.90 Å². The van der Waals surface area contributed by atoms with Crippen molar-refractivity contribution in [3.05, 3.63) is 30.3 Å². The first-order valence-corrected chi connectivity index (χ1v) is 9.60. The molecule has 2 rings (SSSR count). The Kier molecular flexibility index (Phi) is 5.53. The fourth-order valence-corrected chi connectivity index (χ4v) is 4.41. The maximum Gasteiger partial charge on any atom is 0.243 e. The van der Waals surface area contributed by atoms with Crippen LogP contribution in [0.3, 0.4) is 0 Å². The van der Waals surface area contributed by atoms with Crippen molar-refractivity contribution in [1.82, 2.24) is 9.21 Å². The molecule has 0 aliphatic carbocycles. The van der Waals surface area contributed by atoms with Crippen molar-refractivity contribution >= 4 is 21.8 Å². The van der Waals surface area contributed by atoms with E-state index in [0.717, 1.165) is 4.31 Å². The van der Waals surface area contributed by atoms with E-state index in [1.54, 1.807) is 18.2 Å². The van der Waals surface area contributed by atoms with Crippen LogP contribution in [0, 0.1) is 5.41 Å². The zero-order valence-corrected chi connectivity index (χ0v) is 15.6. The van der Waals surface area contributed by atoms with Gasteiger partial charge in [0.2, 0.25) is 21.8 Å². The molecular weight excluding hydrogens is 342 g/mol. The number of nitrogens with zero attached hydrogens (tertiary/aromatic N) is 2. The van der Waals surface area contributed by atoms with E-state index in [2.05, 4.69) is 0 Å². The third-order valence-electron chi connectivity index (χ3n) is 4.04. The Bertz CT molecular complexity index is 741. The minimum atomic E-state index is -3.85. The van der Waals surface area contributed by atoms with E-state index < -0.39 is 22.0 Å². The van der Waals surface area contributed by atoms with Crippen LogP contribution in [0.15, 0.2) is 35.2 Å². The Morgan fingerprint density at radius 1 is 1.16 bits per heavy atom. The molecule has 0 bridgehead atoms. The van der Waals surface area contributed by atoms with Crippen molar-refractivity contribution in [2.24, 2.45) is 11.1 Å². The van der Waals surface area contributed by atoms with Crippen molar-refractivity contribution in [3.8, 4) is 0 Å². The molecule has 1 atom stereocenters. The van der Waals surface area contributed by atoms with Crippen LogP contribution in [0.2, 0.25) is 0 Å². The van der Waals surface area contributed by atoms with Gasteiger partial charge >= 0.3 is 0 Å². The highest BCUT2D eigenvalue weighted by atomic mass is 32.2. The Morgan fingerprint density at radius 2 is 1.76 bits per heavy atom. The van der Waals surface area contributed by atoms with Gasteiger partial charge in [-0.3, -0.25) is 9.59 Å². The van der Waals surface area contributed by atoms with Gasteiger partial charge in [0.15, 0.2) is 0 Å².